The zero-order valence-electron chi connectivity index (χ0n) is 27.5. The van der Waals surface area contributed by atoms with Crippen molar-refractivity contribution in [1.82, 2.24) is 4.98 Å². The van der Waals surface area contributed by atoms with Gasteiger partial charge in [-0.05, 0) is 88.1 Å². The molecule has 2 heterocycles. The maximum atomic E-state index is 6.58. The summed E-state index contributed by atoms with van der Waals surface area (Å²) in [4.78, 5) is 7.29. The number of nitrogens with zero attached hydrogens (tertiary/aromatic N) is 2. The third-order valence-corrected chi connectivity index (χ3v) is 9.66. The van der Waals surface area contributed by atoms with Gasteiger partial charge < -0.3 is 13.7 Å². The molecule has 0 fully saturated rings. The van der Waals surface area contributed by atoms with Crippen molar-refractivity contribution in [3.63, 3.8) is 0 Å². The summed E-state index contributed by atoms with van der Waals surface area (Å²) in [7, 11) is 0. The zero-order valence-corrected chi connectivity index (χ0v) is 27.5. The number of fused-ring (bicyclic) bond motifs is 5. The van der Waals surface area contributed by atoms with Crippen LogP contribution in [0.3, 0.4) is 0 Å². The molecule has 240 valence electrons. The molecule has 0 amide bonds. The highest BCUT2D eigenvalue weighted by Gasteiger charge is 2.22. The summed E-state index contributed by atoms with van der Waals surface area (Å²) in [5.41, 5.74) is 11.5. The minimum atomic E-state index is 0.584. The van der Waals surface area contributed by atoms with Gasteiger partial charge in [-0.25, -0.2) is 4.98 Å². The van der Waals surface area contributed by atoms with Gasteiger partial charge in [-0.2, -0.15) is 0 Å². The van der Waals surface area contributed by atoms with Gasteiger partial charge in [-0.1, -0.05) is 121 Å². The number of anilines is 3. The first-order valence-electron chi connectivity index (χ1n) is 17.1. The second-order valence-corrected chi connectivity index (χ2v) is 12.8. The van der Waals surface area contributed by atoms with Gasteiger partial charge in [0.25, 0.3) is 0 Å². The number of para-hydroxylation sites is 1. The lowest BCUT2D eigenvalue weighted by molar-refractivity contribution is 0.619. The Kier molecular flexibility index (Phi) is 6.78. The van der Waals surface area contributed by atoms with Crippen LogP contribution in [0.25, 0.3) is 77.5 Å². The number of hydrogen-bond acceptors (Lipinski definition) is 4. The molecule has 0 radical (unpaired) electrons. The Morgan fingerprint density at radius 3 is 1.88 bits per heavy atom. The van der Waals surface area contributed by atoms with E-state index in [2.05, 4.69) is 138 Å². The molecule has 10 rings (SSSR count). The number of rotatable bonds is 6. The number of oxazole rings is 1. The molecule has 0 atom stereocenters. The minimum absolute atomic E-state index is 0.584. The van der Waals surface area contributed by atoms with Gasteiger partial charge in [-0.3, -0.25) is 0 Å². The third-order valence-electron chi connectivity index (χ3n) is 9.66. The highest BCUT2D eigenvalue weighted by molar-refractivity contribution is 6.16. The lowest BCUT2D eigenvalue weighted by atomic mass is 10.00. The van der Waals surface area contributed by atoms with Crippen molar-refractivity contribution < 1.29 is 8.83 Å². The topological polar surface area (TPSA) is 42.4 Å². The second-order valence-electron chi connectivity index (χ2n) is 12.8. The maximum absolute atomic E-state index is 6.58. The summed E-state index contributed by atoms with van der Waals surface area (Å²) in [6, 6.07) is 63.4. The van der Waals surface area contributed by atoms with Crippen LogP contribution in [-0.4, -0.2) is 4.98 Å². The van der Waals surface area contributed by atoms with Gasteiger partial charge in [0.2, 0.25) is 5.89 Å². The van der Waals surface area contributed by atoms with Crippen LogP contribution in [0.4, 0.5) is 17.1 Å². The van der Waals surface area contributed by atoms with Crippen molar-refractivity contribution in [2.75, 3.05) is 4.90 Å². The van der Waals surface area contributed by atoms with E-state index in [4.69, 9.17) is 13.8 Å². The van der Waals surface area contributed by atoms with E-state index >= 15 is 0 Å². The lowest BCUT2D eigenvalue weighted by Gasteiger charge is -2.26. The Morgan fingerprint density at radius 1 is 0.392 bits per heavy atom. The number of aromatic nitrogens is 1. The number of hydrogen-bond donors (Lipinski definition) is 0. The van der Waals surface area contributed by atoms with E-state index in [1.54, 1.807) is 0 Å². The van der Waals surface area contributed by atoms with Crippen molar-refractivity contribution in [1.29, 1.82) is 0 Å². The third kappa shape index (κ3) is 5.04. The lowest BCUT2D eigenvalue weighted by Crippen LogP contribution is -2.10. The van der Waals surface area contributed by atoms with Gasteiger partial charge in [-0.15, -0.1) is 0 Å². The molecule has 8 aromatic carbocycles. The van der Waals surface area contributed by atoms with Crippen LogP contribution >= 0.6 is 0 Å². The molecule has 4 nitrogen and oxygen atoms in total. The summed E-state index contributed by atoms with van der Waals surface area (Å²) in [6.45, 7) is 0. The monoisotopic (exact) mass is 654 g/mol. The van der Waals surface area contributed by atoms with E-state index in [9.17, 15) is 0 Å². The van der Waals surface area contributed by atoms with Crippen molar-refractivity contribution in [2.45, 2.75) is 0 Å². The van der Waals surface area contributed by atoms with Crippen molar-refractivity contribution in [2.24, 2.45) is 0 Å². The van der Waals surface area contributed by atoms with Crippen molar-refractivity contribution >= 4 is 60.9 Å². The maximum Gasteiger partial charge on any atom is 0.227 e. The van der Waals surface area contributed by atoms with Crippen LogP contribution in [0.2, 0.25) is 0 Å². The molecule has 51 heavy (non-hydrogen) atoms. The minimum Gasteiger partial charge on any atom is -0.455 e. The molecule has 0 N–H and O–H groups in total. The first kappa shape index (κ1) is 29.0. The van der Waals surface area contributed by atoms with Crippen LogP contribution in [0.1, 0.15) is 0 Å². The van der Waals surface area contributed by atoms with Crippen LogP contribution in [0.15, 0.2) is 191 Å². The average Bonchev–Trinajstić information content (AvgIpc) is 3.80. The number of furan rings is 1. The summed E-state index contributed by atoms with van der Waals surface area (Å²) in [5.74, 6) is 0.584. The average molecular weight is 655 g/mol. The second kappa shape index (κ2) is 11.9. The number of benzene rings is 8. The standard InChI is InChI=1S/C47H30N2O2/c1-3-12-31(13-4-1)36-18-11-19-38(28-36)49(39-27-22-32-14-7-8-17-35(32)29-39)37-25-23-33(24-26-37)44-45-41(40-20-9-10-21-43(40)50-45)30-42-46(44)51-47(48-42)34-15-5-2-6-16-34/h1-30H. The largest absolute Gasteiger partial charge is 0.455 e. The molecule has 0 saturated heterocycles. The van der Waals surface area contributed by atoms with E-state index in [1.807, 2.05) is 48.5 Å². The Balaban J connectivity index is 1.15. The zero-order chi connectivity index (χ0) is 33.7. The summed E-state index contributed by atoms with van der Waals surface area (Å²) < 4.78 is 13.1. The highest BCUT2D eigenvalue weighted by atomic mass is 16.4. The van der Waals surface area contributed by atoms with Crippen molar-refractivity contribution in [3.05, 3.63) is 182 Å². The Labute approximate surface area is 294 Å². The van der Waals surface area contributed by atoms with Gasteiger partial charge >= 0.3 is 0 Å². The van der Waals surface area contributed by atoms with E-state index in [-0.39, 0.29) is 0 Å². The summed E-state index contributed by atoms with van der Waals surface area (Å²) in [6.07, 6.45) is 0. The van der Waals surface area contributed by atoms with Gasteiger partial charge in [0.15, 0.2) is 5.58 Å². The first-order chi connectivity index (χ1) is 25.3. The smallest absolute Gasteiger partial charge is 0.227 e. The molecule has 0 unspecified atom stereocenters. The fraction of sp³-hybridized carbons (Fsp3) is 0. The molecule has 0 saturated carbocycles. The molecule has 0 aliphatic carbocycles. The summed E-state index contributed by atoms with van der Waals surface area (Å²) in [5, 5.41) is 4.46. The normalized spacial score (nSPS) is 11.5. The van der Waals surface area contributed by atoms with Crippen LogP contribution in [0, 0.1) is 0 Å². The van der Waals surface area contributed by atoms with E-state index < -0.39 is 0 Å². The quantitative estimate of drug-likeness (QED) is 0.179. The molecular formula is C47H30N2O2. The van der Waals surface area contributed by atoms with E-state index in [0.717, 1.165) is 66.8 Å². The molecule has 4 heteroatoms. The van der Waals surface area contributed by atoms with Crippen LogP contribution in [0.5, 0.6) is 0 Å². The van der Waals surface area contributed by atoms with Crippen LogP contribution in [-0.2, 0) is 0 Å². The molecule has 0 spiro atoms. The fourth-order valence-corrected chi connectivity index (χ4v) is 7.20. The first-order valence-corrected chi connectivity index (χ1v) is 17.1. The fourth-order valence-electron chi connectivity index (χ4n) is 7.20. The molecule has 0 aliphatic heterocycles. The van der Waals surface area contributed by atoms with Gasteiger partial charge in [0.05, 0.1) is 5.56 Å². The molecule has 2 aromatic heterocycles. The SMILES string of the molecule is c1ccc(-c2cccc(N(c3ccc(-c4c5oc(-c6ccccc6)nc5cc5c4oc4ccccc45)cc3)c3ccc4ccccc4c3)c2)cc1. The summed E-state index contributed by atoms with van der Waals surface area (Å²) >= 11 is 0. The Bertz CT molecular complexity index is 2850. The highest BCUT2D eigenvalue weighted by Crippen LogP contribution is 2.44. The van der Waals surface area contributed by atoms with Crippen LogP contribution < -0.4 is 4.90 Å². The Hall–Kier alpha value is -6.91. The van der Waals surface area contributed by atoms with E-state index in [1.165, 1.54) is 16.3 Å². The van der Waals surface area contributed by atoms with Crippen molar-refractivity contribution in [3.8, 4) is 33.7 Å². The predicted octanol–water partition coefficient (Wildman–Crippen LogP) is 13.4. The molecular weight excluding hydrogens is 625 g/mol. The molecule has 0 bridgehead atoms. The molecule has 0 aliphatic rings. The Morgan fingerprint density at radius 2 is 1.06 bits per heavy atom. The van der Waals surface area contributed by atoms with E-state index in [0.29, 0.717) is 11.5 Å². The predicted molar refractivity (Wildman–Crippen MR) is 210 cm³/mol. The van der Waals surface area contributed by atoms with Gasteiger partial charge in [0.1, 0.15) is 16.7 Å². The molecule has 10 aromatic rings. The van der Waals surface area contributed by atoms with Gasteiger partial charge in [0, 0.05) is 33.4 Å².